The van der Waals surface area contributed by atoms with Crippen LogP contribution in [-0.2, 0) is 16.0 Å². The van der Waals surface area contributed by atoms with Gasteiger partial charge in [0.15, 0.2) is 0 Å². The number of amides is 2. The number of H-pyrrole nitrogens is 1. The van der Waals surface area contributed by atoms with Gasteiger partial charge in [-0.2, -0.15) is 4.98 Å². The van der Waals surface area contributed by atoms with E-state index in [0.717, 1.165) is 12.8 Å². The quantitative estimate of drug-likeness (QED) is 0.687. The molecule has 0 aromatic carbocycles. The van der Waals surface area contributed by atoms with E-state index in [9.17, 15) is 9.59 Å². The van der Waals surface area contributed by atoms with E-state index in [-0.39, 0.29) is 23.8 Å². The number of aromatic amines is 1. The van der Waals surface area contributed by atoms with Gasteiger partial charge in [0.2, 0.25) is 17.8 Å². The third-order valence-corrected chi connectivity index (χ3v) is 4.93. The maximum Gasteiger partial charge on any atom is 0.239 e. The van der Waals surface area contributed by atoms with Crippen molar-refractivity contribution in [1.29, 1.82) is 0 Å². The van der Waals surface area contributed by atoms with Crippen LogP contribution in [0.4, 0.5) is 5.95 Å². The maximum absolute atomic E-state index is 12.3. The second-order valence-corrected chi connectivity index (χ2v) is 6.80. The molecule has 2 amide bonds. The highest BCUT2D eigenvalue weighted by Crippen LogP contribution is 2.25. The molecule has 1 aromatic rings. The van der Waals surface area contributed by atoms with Gasteiger partial charge in [-0.1, -0.05) is 25.7 Å². The molecule has 1 atom stereocenters. The first-order valence-electron chi connectivity index (χ1n) is 8.87. The van der Waals surface area contributed by atoms with Crippen LogP contribution in [0.25, 0.3) is 0 Å². The molecule has 24 heavy (non-hydrogen) atoms. The minimum Gasteiger partial charge on any atom is -0.367 e. The molecule has 2 aliphatic rings. The summed E-state index contributed by atoms with van der Waals surface area (Å²) in [5.41, 5.74) is 5.43. The van der Waals surface area contributed by atoms with Gasteiger partial charge >= 0.3 is 0 Å². The number of carbonyl (C=O) groups excluding carboxylic acids is 2. The standard InChI is InChI=1S/C16H26N6O2/c17-16-19-13(20-21-16)7-8-14(23)18-11-9-15(24)22(10-11)12-5-3-1-2-4-6-12/h11-12H,1-10H2,(H,18,23)(H3,17,19,20,21). The van der Waals surface area contributed by atoms with Gasteiger partial charge in [0.1, 0.15) is 5.82 Å². The number of carbonyl (C=O) groups is 2. The molecule has 1 unspecified atom stereocenters. The normalized spacial score (nSPS) is 22.6. The molecule has 132 valence electrons. The molecule has 8 heteroatoms. The van der Waals surface area contributed by atoms with Gasteiger partial charge < -0.3 is 16.0 Å². The zero-order valence-electron chi connectivity index (χ0n) is 14.0. The van der Waals surface area contributed by atoms with Crippen LogP contribution in [0.15, 0.2) is 0 Å². The Bertz CT molecular complexity index is 579. The third-order valence-electron chi connectivity index (χ3n) is 4.93. The fourth-order valence-corrected chi connectivity index (χ4v) is 3.70. The summed E-state index contributed by atoms with van der Waals surface area (Å²) in [7, 11) is 0. The molecule has 0 bridgehead atoms. The van der Waals surface area contributed by atoms with Crippen LogP contribution < -0.4 is 11.1 Å². The van der Waals surface area contributed by atoms with Crippen LogP contribution in [-0.4, -0.2) is 50.5 Å². The van der Waals surface area contributed by atoms with Crippen LogP contribution in [0.1, 0.15) is 57.2 Å². The molecule has 2 heterocycles. The number of hydrogen-bond acceptors (Lipinski definition) is 5. The van der Waals surface area contributed by atoms with E-state index in [1.54, 1.807) is 0 Å². The monoisotopic (exact) mass is 334 g/mol. The van der Waals surface area contributed by atoms with E-state index in [4.69, 9.17) is 5.73 Å². The second-order valence-electron chi connectivity index (χ2n) is 6.80. The lowest BCUT2D eigenvalue weighted by Crippen LogP contribution is -2.40. The molecule has 1 aliphatic heterocycles. The molecule has 1 saturated carbocycles. The van der Waals surface area contributed by atoms with Crippen molar-refractivity contribution in [2.75, 3.05) is 12.3 Å². The summed E-state index contributed by atoms with van der Waals surface area (Å²) in [6.07, 6.45) is 8.31. The molecule has 0 radical (unpaired) electrons. The number of nitrogens with two attached hydrogens (primary N) is 1. The van der Waals surface area contributed by atoms with E-state index in [1.165, 1.54) is 25.7 Å². The van der Waals surface area contributed by atoms with Crippen molar-refractivity contribution in [3.05, 3.63) is 5.82 Å². The first-order valence-corrected chi connectivity index (χ1v) is 8.87. The number of hydrogen-bond donors (Lipinski definition) is 3. The number of nitrogens with one attached hydrogen (secondary N) is 2. The van der Waals surface area contributed by atoms with Crippen molar-refractivity contribution in [2.45, 2.75) is 69.9 Å². The first-order chi connectivity index (χ1) is 11.6. The Morgan fingerprint density at radius 2 is 2.04 bits per heavy atom. The van der Waals surface area contributed by atoms with Crippen molar-refractivity contribution in [3.63, 3.8) is 0 Å². The third kappa shape index (κ3) is 4.24. The Kier molecular flexibility index (Phi) is 5.32. The summed E-state index contributed by atoms with van der Waals surface area (Å²) in [6, 6.07) is 0.284. The maximum atomic E-state index is 12.3. The Morgan fingerprint density at radius 3 is 2.71 bits per heavy atom. The van der Waals surface area contributed by atoms with Gasteiger partial charge in [-0.05, 0) is 12.8 Å². The van der Waals surface area contributed by atoms with E-state index >= 15 is 0 Å². The number of rotatable bonds is 5. The summed E-state index contributed by atoms with van der Waals surface area (Å²) in [4.78, 5) is 30.4. The van der Waals surface area contributed by atoms with Crippen molar-refractivity contribution in [3.8, 4) is 0 Å². The van der Waals surface area contributed by atoms with Gasteiger partial charge in [-0.3, -0.25) is 14.7 Å². The summed E-state index contributed by atoms with van der Waals surface area (Å²) >= 11 is 0. The lowest BCUT2D eigenvalue weighted by molar-refractivity contribution is -0.129. The Labute approximate surface area is 141 Å². The van der Waals surface area contributed by atoms with Crippen molar-refractivity contribution in [2.24, 2.45) is 0 Å². The Hall–Kier alpha value is -2.12. The Balaban J connectivity index is 1.45. The predicted octanol–water partition coefficient (Wildman–Crippen LogP) is 0.759. The lowest BCUT2D eigenvalue weighted by atomic mass is 10.1. The van der Waals surface area contributed by atoms with Crippen LogP contribution in [0.2, 0.25) is 0 Å². The summed E-state index contributed by atoms with van der Waals surface area (Å²) in [5, 5.41) is 9.40. The average molecular weight is 334 g/mol. The number of likely N-dealkylation sites (tertiary alicyclic amines) is 1. The molecular formula is C16H26N6O2. The summed E-state index contributed by atoms with van der Waals surface area (Å²) in [6.45, 7) is 0.643. The predicted molar refractivity (Wildman–Crippen MR) is 88.9 cm³/mol. The molecule has 1 aliphatic carbocycles. The van der Waals surface area contributed by atoms with Gasteiger partial charge in [0.25, 0.3) is 0 Å². The zero-order valence-corrected chi connectivity index (χ0v) is 14.0. The van der Waals surface area contributed by atoms with Crippen molar-refractivity contribution < 1.29 is 9.59 Å². The molecular weight excluding hydrogens is 308 g/mol. The van der Waals surface area contributed by atoms with Gasteiger partial charge in [-0.15, -0.1) is 5.10 Å². The summed E-state index contributed by atoms with van der Waals surface area (Å²) < 4.78 is 0. The number of aromatic nitrogens is 3. The molecule has 2 fully saturated rings. The minimum atomic E-state index is -0.0759. The smallest absolute Gasteiger partial charge is 0.239 e. The van der Waals surface area contributed by atoms with Crippen molar-refractivity contribution >= 4 is 17.8 Å². The molecule has 8 nitrogen and oxygen atoms in total. The summed E-state index contributed by atoms with van der Waals surface area (Å²) in [5.74, 6) is 0.900. The highest BCUT2D eigenvalue weighted by Gasteiger charge is 2.34. The van der Waals surface area contributed by atoms with Crippen LogP contribution >= 0.6 is 0 Å². The number of nitrogen functional groups attached to an aromatic ring is 1. The fraction of sp³-hybridized carbons (Fsp3) is 0.750. The van der Waals surface area contributed by atoms with E-state index in [0.29, 0.717) is 37.7 Å². The van der Waals surface area contributed by atoms with E-state index in [1.807, 2.05) is 4.90 Å². The molecule has 4 N–H and O–H groups in total. The molecule has 3 rings (SSSR count). The SMILES string of the molecule is Nc1n[nH]c(CCC(=O)NC2CC(=O)N(C3CCCCCC3)C2)n1. The first kappa shape index (κ1) is 16.7. The Morgan fingerprint density at radius 1 is 1.29 bits per heavy atom. The number of nitrogens with zero attached hydrogens (tertiary/aromatic N) is 3. The molecule has 1 aromatic heterocycles. The van der Waals surface area contributed by atoms with Gasteiger partial charge in [-0.25, -0.2) is 0 Å². The second kappa shape index (κ2) is 7.63. The van der Waals surface area contributed by atoms with E-state index in [2.05, 4.69) is 20.5 Å². The minimum absolute atomic E-state index is 0.0644. The lowest BCUT2D eigenvalue weighted by Gasteiger charge is -2.27. The fourth-order valence-electron chi connectivity index (χ4n) is 3.70. The van der Waals surface area contributed by atoms with Crippen LogP contribution in [0, 0.1) is 0 Å². The topological polar surface area (TPSA) is 117 Å². The average Bonchev–Trinajstić information content (AvgIpc) is 3.01. The van der Waals surface area contributed by atoms with Gasteiger partial charge in [0.05, 0.1) is 6.04 Å². The zero-order chi connectivity index (χ0) is 16.9. The van der Waals surface area contributed by atoms with E-state index < -0.39 is 0 Å². The van der Waals surface area contributed by atoms with Gasteiger partial charge in [0, 0.05) is 31.8 Å². The number of aryl methyl sites for hydroxylation is 1. The molecule has 0 spiro atoms. The molecule has 1 saturated heterocycles. The number of anilines is 1. The van der Waals surface area contributed by atoms with Crippen molar-refractivity contribution in [1.82, 2.24) is 25.4 Å². The van der Waals surface area contributed by atoms with Crippen LogP contribution in [0.5, 0.6) is 0 Å². The largest absolute Gasteiger partial charge is 0.367 e. The van der Waals surface area contributed by atoms with Crippen LogP contribution in [0.3, 0.4) is 0 Å². The highest BCUT2D eigenvalue weighted by atomic mass is 16.2. The highest BCUT2D eigenvalue weighted by molar-refractivity contribution is 5.82.